The number of carbonyl (C=O) groups excluding carboxylic acids is 1. The molecule has 3 aromatic carbocycles. The molecule has 0 N–H and O–H groups in total. The van der Waals surface area contributed by atoms with Crippen molar-refractivity contribution in [1.29, 1.82) is 0 Å². The van der Waals surface area contributed by atoms with E-state index in [1.165, 1.54) is 6.08 Å². The van der Waals surface area contributed by atoms with E-state index in [0.717, 1.165) is 33.8 Å². The molecule has 0 radical (unpaired) electrons. The van der Waals surface area contributed by atoms with Crippen LogP contribution in [-0.4, -0.2) is 41.7 Å². The number of aromatic nitrogens is 3. The van der Waals surface area contributed by atoms with Crippen LogP contribution < -0.4 is 9.47 Å². The Hall–Kier alpha value is -4.52. The summed E-state index contributed by atoms with van der Waals surface area (Å²) in [5.41, 5.74) is 3.38. The minimum absolute atomic E-state index is 0.342. The van der Waals surface area contributed by atoms with E-state index in [-0.39, 0.29) is 5.97 Å². The molecule has 0 saturated carbocycles. The normalized spacial score (nSPS) is 10.8. The maximum Gasteiger partial charge on any atom is 0.330 e. The molecule has 0 bridgehead atoms. The summed E-state index contributed by atoms with van der Waals surface area (Å²) in [6.45, 7) is 2.12. The van der Waals surface area contributed by atoms with Gasteiger partial charge in [-0.2, -0.15) is 0 Å². The van der Waals surface area contributed by atoms with Crippen LogP contribution >= 0.6 is 0 Å². The third-order valence-electron chi connectivity index (χ3n) is 5.20. The van der Waals surface area contributed by atoms with Crippen molar-refractivity contribution < 1.29 is 19.0 Å². The summed E-state index contributed by atoms with van der Waals surface area (Å²) < 4.78 is 15.5. The van der Waals surface area contributed by atoms with E-state index >= 15 is 0 Å². The molecule has 0 spiro atoms. The highest BCUT2D eigenvalue weighted by Crippen LogP contribution is 2.27. The monoisotopic (exact) mass is 467 g/mol. The average molecular weight is 468 g/mol. The van der Waals surface area contributed by atoms with Gasteiger partial charge < -0.3 is 14.2 Å². The summed E-state index contributed by atoms with van der Waals surface area (Å²) in [6.07, 6.45) is 3.12. The molecule has 1 heterocycles. The number of ether oxygens (including phenoxy) is 3. The fourth-order valence-electron chi connectivity index (χ4n) is 3.34. The van der Waals surface area contributed by atoms with Gasteiger partial charge in [-0.25, -0.2) is 19.7 Å². The average Bonchev–Trinajstić information content (AvgIpc) is 2.92. The van der Waals surface area contributed by atoms with Crippen molar-refractivity contribution in [1.82, 2.24) is 15.0 Å². The second kappa shape index (κ2) is 11.1. The number of nitrogens with zero attached hydrogens (tertiary/aromatic N) is 3. The smallest absolute Gasteiger partial charge is 0.330 e. The maximum absolute atomic E-state index is 11.6. The van der Waals surface area contributed by atoms with Gasteiger partial charge in [0.1, 0.15) is 11.5 Å². The summed E-state index contributed by atoms with van der Waals surface area (Å²) in [5, 5.41) is 0. The molecule has 0 fully saturated rings. The molecular formula is C28H25N3O4. The highest BCUT2D eigenvalue weighted by atomic mass is 16.5. The third kappa shape index (κ3) is 5.89. The number of rotatable bonds is 8. The molecule has 0 saturated heterocycles. The Balaban J connectivity index is 1.72. The van der Waals surface area contributed by atoms with Gasteiger partial charge in [-0.3, -0.25) is 0 Å². The summed E-state index contributed by atoms with van der Waals surface area (Å²) in [6, 6.07) is 22.8. The van der Waals surface area contributed by atoms with Gasteiger partial charge in [0.2, 0.25) is 0 Å². The summed E-state index contributed by atoms with van der Waals surface area (Å²) in [5.74, 6) is 2.78. The summed E-state index contributed by atoms with van der Waals surface area (Å²) in [4.78, 5) is 25.8. The van der Waals surface area contributed by atoms with Crippen LogP contribution in [0.2, 0.25) is 0 Å². The first-order valence-electron chi connectivity index (χ1n) is 11.1. The lowest BCUT2D eigenvalue weighted by Crippen LogP contribution is -2.00. The maximum atomic E-state index is 11.6. The third-order valence-corrected chi connectivity index (χ3v) is 5.20. The lowest BCUT2D eigenvalue weighted by molar-refractivity contribution is -0.137. The first-order chi connectivity index (χ1) is 17.1. The largest absolute Gasteiger partial charge is 0.497 e. The van der Waals surface area contributed by atoms with Crippen molar-refractivity contribution in [3.63, 3.8) is 0 Å². The SMILES string of the molecule is CCOC(=O)/C=C/c1ccc(-c2nc(-c3ccc(OC)cc3)nc(-c3ccc(OC)cc3)n2)cc1. The Labute approximate surface area is 204 Å². The highest BCUT2D eigenvalue weighted by molar-refractivity contribution is 5.87. The molecule has 0 aliphatic rings. The standard InChI is InChI=1S/C28H25N3O4/c1-4-35-25(32)18-7-19-5-8-20(9-6-19)26-29-27(21-10-14-23(33-2)15-11-21)31-28(30-26)22-12-16-24(34-3)17-13-22/h5-18H,4H2,1-3H3/b18-7+. The van der Waals surface area contributed by atoms with Crippen LogP contribution in [0.4, 0.5) is 0 Å². The van der Waals surface area contributed by atoms with Crippen LogP contribution in [0.3, 0.4) is 0 Å². The zero-order chi connectivity index (χ0) is 24.6. The van der Waals surface area contributed by atoms with Crippen molar-refractivity contribution in [2.24, 2.45) is 0 Å². The Kier molecular flexibility index (Phi) is 7.47. The Morgan fingerprint density at radius 1 is 0.686 bits per heavy atom. The van der Waals surface area contributed by atoms with Gasteiger partial charge in [-0.05, 0) is 67.1 Å². The van der Waals surface area contributed by atoms with Crippen LogP contribution in [0.15, 0.2) is 78.9 Å². The molecule has 0 amide bonds. The number of hydrogen-bond donors (Lipinski definition) is 0. The minimum atomic E-state index is -0.373. The van der Waals surface area contributed by atoms with Gasteiger partial charge in [0.15, 0.2) is 17.5 Å². The van der Waals surface area contributed by atoms with E-state index in [4.69, 9.17) is 29.2 Å². The van der Waals surface area contributed by atoms with Gasteiger partial charge in [-0.1, -0.05) is 24.3 Å². The zero-order valence-electron chi connectivity index (χ0n) is 19.8. The number of methoxy groups -OCH3 is 2. The molecule has 0 atom stereocenters. The van der Waals surface area contributed by atoms with Crippen molar-refractivity contribution in [3.05, 3.63) is 84.4 Å². The molecule has 1 aromatic heterocycles. The van der Waals surface area contributed by atoms with Gasteiger partial charge in [-0.15, -0.1) is 0 Å². The number of esters is 1. The van der Waals surface area contributed by atoms with E-state index < -0.39 is 0 Å². The fourth-order valence-corrected chi connectivity index (χ4v) is 3.34. The van der Waals surface area contributed by atoms with Crippen molar-refractivity contribution in [2.45, 2.75) is 6.92 Å². The van der Waals surface area contributed by atoms with E-state index in [1.54, 1.807) is 27.2 Å². The molecule has 0 aliphatic heterocycles. The number of benzene rings is 3. The predicted octanol–water partition coefficient (Wildman–Crippen LogP) is 5.47. The predicted molar refractivity (Wildman–Crippen MR) is 135 cm³/mol. The topological polar surface area (TPSA) is 83.4 Å². The lowest BCUT2D eigenvalue weighted by atomic mass is 10.1. The van der Waals surface area contributed by atoms with Crippen LogP contribution in [0.1, 0.15) is 12.5 Å². The molecular weight excluding hydrogens is 442 g/mol. The highest BCUT2D eigenvalue weighted by Gasteiger charge is 2.12. The van der Waals surface area contributed by atoms with Crippen LogP contribution in [0.25, 0.3) is 40.2 Å². The molecule has 0 aliphatic carbocycles. The molecule has 176 valence electrons. The van der Waals surface area contributed by atoms with Gasteiger partial charge >= 0.3 is 5.97 Å². The van der Waals surface area contributed by atoms with Crippen LogP contribution in [-0.2, 0) is 9.53 Å². The Morgan fingerprint density at radius 3 is 1.46 bits per heavy atom. The Morgan fingerprint density at radius 2 is 1.09 bits per heavy atom. The number of carbonyl (C=O) groups is 1. The van der Waals surface area contributed by atoms with E-state index in [2.05, 4.69) is 0 Å². The molecule has 7 nitrogen and oxygen atoms in total. The first-order valence-corrected chi connectivity index (χ1v) is 11.1. The van der Waals surface area contributed by atoms with Crippen LogP contribution in [0, 0.1) is 0 Å². The fraction of sp³-hybridized carbons (Fsp3) is 0.143. The molecule has 4 aromatic rings. The zero-order valence-corrected chi connectivity index (χ0v) is 19.8. The molecule has 7 heteroatoms. The summed E-state index contributed by atoms with van der Waals surface area (Å²) in [7, 11) is 3.26. The van der Waals surface area contributed by atoms with E-state index in [9.17, 15) is 4.79 Å². The van der Waals surface area contributed by atoms with Gasteiger partial charge in [0.05, 0.1) is 20.8 Å². The van der Waals surface area contributed by atoms with Crippen molar-refractivity contribution in [2.75, 3.05) is 20.8 Å². The Bertz CT molecular complexity index is 1250. The summed E-state index contributed by atoms with van der Waals surface area (Å²) >= 11 is 0. The van der Waals surface area contributed by atoms with E-state index in [0.29, 0.717) is 24.1 Å². The first kappa shape index (κ1) is 23.6. The molecule has 0 unspecified atom stereocenters. The number of hydrogen-bond acceptors (Lipinski definition) is 7. The van der Waals surface area contributed by atoms with Gasteiger partial charge in [0.25, 0.3) is 0 Å². The second-order valence-corrected chi connectivity index (χ2v) is 7.47. The molecule has 35 heavy (non-hydrogen) atoms. The van der Waals surface area contributed by atoms with Crippen LogP contribution in [0.5, 0.6) is 11.5 Å². The van der Waals surface area contributed by atoms with Crippen molar-refractivity contribution >= 4 is 12.0 Å². The van der Waals surface area contributed by atoms with Gasteiger partial charge in [0, 0.05) is 22.8 Å². The van der Waals surface area contributed by atoms with E-state index in [1.807, 2.05) is 72.8 Å². The molecule has 4 rings (SSSR count). The lowest BCUT2D eigenvalue weighted by Gasteiger charge is -2.09. The van der Waals surface area contributed by atoms with Crippen molar-refractivity contribution in [3.8, 4) is 45.7 Å². The minimum Gasteiger partial charge on any atom is -0.497 e. The second-order valence-electron chi connectivity index (χ2n) is 7.47. The quantitative estimate of drug-likeness (QED) is 0.251.